The third kappa shape index (κ3) is 4.86. The highest BCUT2D eigenvalue weighted by Gasteiger charge is 2.17. The summed E-state index contributed by atoms with van der Waals surface area (Å²) in [6, 6.07) is 15.2. The van der Waals surface area contributed by atoms with Crippen molar-refractivity contribution in [1.29, 1.82) is 0 Å². The van der Waals surface area contributed by atoms with Crippen molar-refractivity contribution in [2.75, 3.05) is 6.54 Å². The Kier molecular flexibility index (Phi) is 6.44. The van der Waals surface area contributed by atoms with Gasteiger partial charge >= 0.3 is 5.97 Å². The van der Waals surface area contributed by atoms with Crippen LogP contribution >= 0.6 is 11.8 Å². The van der Waals surface area contributed by atoms with Gasteiger partial charge in [-0.15, -0.1) is 11.8 Å². The molecule has 126 valence electrons. The van der Waals surface area contributed by atoms with Crippen LogP contribution in [0.4, 0.5) is 0 Å². The van der Waals surface area contributed by atoms with E-state index in [1.807, 2.05) is 12.1 Å². The fourth-order valence-corrected chi connectivity index (χ4v) is 3.22. The number of rotatable bonds is 7. The standard InChI is InChI=1S/C19H21NO3S/c1-13-7-3-4-8-15(13)11-12-20-18(21)16-9-5-6-10-17(16)24-14(2)19(22)23/h3-10,14H,11-12H2,1-2H3,(H,20,21)(H,22,23). The summed E-state index contributed by atoms with van der Waals surface area (Å²) in [4.78, 5) is 24.1. The van der Waals surface area contributed by atoms with Crippen LogP contribution in [0.3, 0.4) is 0 Å². The molecule has 24 heavy (non-hydrogen) atoms. The number of aliphatic carboxylic acids is 1. The Hall–Kier alpha value is -2.27. The molecule has 5 heteroatoms. The molecule has 1 unspecified atom stereocenters. The first-order valence-corrected chi connectivity index (χ1v) is 8.68. The lowest BCUT2D eigenvalue weighted by Crippen LogP contribution is -2.26. The highest BCUT2D eigenvalue weighted by atomic mass is 32.2. The van der Waals surface area contributed by atoms with E-state index in [2.05, 4.69) is 24.4 Å². The first kappa shape index (κ1) is 18.1. The van der Waals surface area contributed by atoms with E-state index < -0.39 is 11.2 Å². The van der Waals surface area contributed by atoms with Crippen LogP contribution in [0.25, 0.3) is 0 Å². The van der Waals surface area contributed by atoms with Crippen LogP contribution in [0, 0.1) is 6.92 Å². The van der Waals surface area contributed by atoms with Crippen LogP contribution in [-0.2, 0) is 11.2 Å². The fraction of sp³-hybridized carbons (Fsp3) is 0.263. The molecule has 0 aliphatic heterocycles. The van der Waals surface area contributed by atoms with Crippen LogP contribution in [0.15, 0.2) is 53.4 Å². The third-order valence-corrected chi connectivity index (χ3v) is 4.89. The van der Waals surface area contributed by atoms with Crippen LogP contribution < -0.4 is 5.32 Å². The third-order valence-electron chi connectivity index (χ3n) is 3.72. The Morgan fingerprint density at radius 3 is 2.50 bits per heavy atom. The smallest absolute Gasteiger partial charge is 0.316 e. The van der Waals surface area contributed by atoms with E-state index in [1.165, 1.54) is 22.9 Å². The molecule has 0 spiro atoms. The minimum absolute atomic E-state index is 0.177. The fourth-order valence-electron chi connectivity index (χ4n) is 2.29. The summed E-state index contributed by atoms with van der Waals surface area (Å²) in [6.45, 7) is 4.20. The van der Waals surface area contributed by atoms with Crippen molar-refractivity contribution in [3.05, 3.63) is 65.2 Å². The predicted molar refractivity (Wildman–Crippen MR) is 96.6 cm³/mol. The van der Waals surface area contributed by atoms with Gasteiger partial charge in [-0.05, 0) is 43.5 Å². The maximum atomic E-state index is 12.4. The number of hydrogen-bond donors (Lipinski definition) is 2. The van der Waals surface area contributed by atoms with Crippen molar-refractivity contribution >= 4 is 23.6 Å². The minimum atomic E-state index is -0.894. The second-order valence-electron chi connectivity index (χ2n) is 5.53. The number of hydrogen-bond acceptors (Lipinski definition) is 3. The van der Waals surface area contributed by atoms with E-state index in [0.717, 1.165) is 6.42 Å². The van der Waals surface area contributed by atoms with Crippen molar-refractivity contribution in [3.8, 4) is 0 Å². The lowest BCUT2D eigenvalue weighted by atomic mass is 10.1. The van der Waals surface area contributed by atoms with Crippen LogP contribution in [0.5, 0.6) is 0 Å². The Bertz CT molecular complexity index is 730. The number of carboxylic acids is 1. The maximum absolute atomic E-state index is 12.4. The quantitative estimate of drug-likeness (QED) is 0.755. The number of aryl methyl sites for hydroxylation is 1. The molecule has 2 aromatic rings. The zero-order valence-corrected chi connectivity index (χ0v) is 14.6. The number of nitrogens with one attached hydrogen (secondary N) is 1. The number of amides is 1. The van der Waals surface area contributed by atoms with E-state index in [1.54, 1.807) is 31.2 Å². The topological polar surface area (TPSA) is 66.4 Å². The zero-order chi connectivity index (χ0) is 17.5. The van der Waals surface area contributed by atoms with Gasteiger partial charge in [-0.25, -0.2) is 0 Å². The van der Waals surface area contributed by atoms with Crippen LogP contribution in [-0.4, -0.2) is 28.8 Å². The highest BCUT2D eigenvalue weighted by Crippen LogP contribution is 2.27. The normalized spacial score (nSPS) is 11.8. The van der Waals surface area contributed by atoms with Gasteiger partial charge in [0.25, 0.3) is 5.91 Å². The second kappa shape index (κ2) is 8.55. The molecule has 1 amide bonds. The summed E-state index contributed by atoms with van der Waals surface area (Å²) in [5.41, 5.74) is 2.93. The van der Waals surface area contributed by atoms with Crippen molar-refractivity contribution in [2.45, 2.75) is 30.4 Å². The summed E-state index contributed by atoms with van der Waals surface area (Å²) in [7, 11) is 0. The zero-order valence-electron chi connectivity index (χ0n) is 13.8. The average Bonchev–Trinajstić information content (AvgIpc) is 2.57. The van der Waals surface area contributed by atoms with Gasteiger partial charge in [-0.3, -0.25) is 9.59 Å². The summed E-state index contributed by atoms with van der Waals surface area (Å²) in [5, 5.41) is 11.4. The molecule has 2 aromatic carbocycles. The average molecular weight is 343 g/mol. The van der Waals surface area contributed by atoms with Gasteiger partial charge in [-0.2, -0.15) is 0 Å². The van der Waals surface area contributed by atoms with Gasteiger partial charge in [0.2, 0.25) is 0 Å². The molecule has 0 aromatic heterocycles. The number of benzene rings is 2. The number of carbonyl (C=O) groups is 2. The van der Waals surface area contributed by atoms with Gasteiger partial charge < -0.3 is 10.4 Å². The summed E-state index contributed by atoms with van der Waals surface area (Å²) in [5.74, 6) is -1.07. The van der Waals surface area contributed by atoms with Crippen LogP contribution in [0.1, 0.15) is 28.4 Å². The molecule has 2 rings (SSSR count). The minimum Gasteiger partial charge on any atom is -0.480 e. The predicted octanol–water partition coefficient (Wildman–Crippen LogP) is 3.53. The molecule has 1 atom stereocenters. The second-order valence-corrected chi connectivity index (χ2v) is 6.91. The Balaban J connectivity index is 2.00. The number of carbonyl (C=O) groups excluding carboxylic acids is 1. The molecule has 2 N–H and O–H groups in total. The van der Waals surface area contributed by atoms with Gasteiger partial charge in [0.1, 0.15) is 5.25 Å². The number of thioether (sulfide) groups is 1. The summed E-state index contributed by atoms with van der Waals surface area (Å²) >= 11 is 1.18. The van der Waals surface area contributed by atoms with E-state index >= 15 is 0 Å². The molecular weight excluding hydrogens is 322 g/mol. The lowest BCUT2D eigenvalue weighted by Gasteiger charge is -2.12. The maximum Gasteiger partial charge on any atom is 0.316 e. The molecular formula is C19H21NO3S. The molecule has 0 saturated carbocycles. The lowest BCUT2D eigenvalue weighted by molar-refractivity contribution is -0.136. The van der Waals surface area contributed by atoms with E-state index in [-0.39, 0.29) is 5.91 Å². The summed E-state index contributed by atoms with van der Waals surface area (Å²) < 4.78 is 0. The van der Waals surface area contributed by atoms with Gasteiger partial charge in [0.05, 0.1) is 5.56 Å². The van der Waals surface area contributed by atoms with Crippen molar-refractivity contribution in [2.24, 2.45) is 0 Å². The first-order valence-electron chi connectivity index (χ1n) is 7.80. The van der Waals surface area contributed by atoms with Gasteiger partial charge in [-0.1, -0.05) is 36.4 Å². The highest BCUT2D eigenvalue weighted by molar-refractivity contribution is 8.00. The Morgan fingerprint density at radius 2 is 1.79 bits per heavy atom. The number of carboxylic acid groups (broad SMARTS) is 1. The molecule has 0 saturated heterocycles. The molecule has 0 fully saturated rings. The van der Waals surface area contributed by atoms with Gasteiger partial charge in [0.15, 0.2) is 0 Å². The van der Waals surface area contributed by atoms with Crippen molar-refractivity contribution in [1.82, 2.24) is 5.32 Å². The summed E-state index contributed by atoms with van der Waals surface area (Å²) in [6.07, 6.45) is 0.763. The molecule has 0 radical (unpaired) electrons. The van der Waals surface area contributed by atoms with E-state index in [0.29, 0.717) is 17.0 Å². The van der Waals surface area contributed by atoms with Crippen LogP contribution in [0.2, 0.25) is 0 Å². The molecule has 0 aliphatic carbocycles. The molecule has 4 nitrogen and oxygen atoms in total. The van der Waals surface area contributed by atoms with Crippen molar-refractivity contribution < 1.29 is 14.7 Å². The molecule has 0 bridgehead atoms. The largest absolute Gasteiger partial charge is 0.480 e. The Morgan fingerprint density at radius 1 is 1.12 bits per heavy atom. The molecule has 0 heterocycles. The monoisotopic (exact) mass is 343 g/mol. The van der Waals surface area contributed by atoms with E-state index in [9.17, 15) is 9.59 Å². The van der Waals surface area contributed by atoms with Crippen molar-refractivity contribution in [3.63, 3.8) is 0 Å². The SMILES string of the molecule is Cc1ccccc1CCNC(=O)c1ccccc1SC(C)C(=O)O. The first-order chi connectivity index (χ1) is 11.5. The van der Waals surface area contributed by atoms with E-state index in [4.69, 9.17) is 5.11 Å². The Labute approximate surface area is 146 Å². The molecule has 0 aliphatic rings. The van der Waals surface area contributed by atoms with Gasteiger partial charge in [0, 0.05) is 11.4 Å².